The molecule has 1 aliphatic heterocycles. The Bertz CT molecular complexity index is 727. The van der Waals surface area contributed by atoms with Gasteiger partial charge < -0.3 is 9.47 Å². The molecule has 1 atom stereocenters. The maximum Gasteiger partial charge on any atom is 0.269 e. The highest BCUT2D eigenvalue weighted by atomic mass is 16.5. The first-order valence-corrected chi connectivity index (χ1v) is 8.22. The van der Waals surface area contributed by atoms with E-state index in [1.807, 2.05) is 6.07 Å². The van der Waals surface area contributed by atoms with Gasteiger partial charge in [0.25, 0.3) is 11.8 Å². The largest absolute Gasteiger partial charge is 0.491 e. The molecule has 1 heterocycles. The first kappa shape index (κ1) is 17.0. The van der Waals surface area contributed by atoms with Crippen molar-refractivity contribution < 1.29 is 19.1 Å². The summed E-state index contributed by atoms with van der Waals surface area (Å²) < 4.78 is 11.2. The molecule has 2 amide bonds. The second-order valence-electron chi connectivity index (χ2n) is 5.75. The Balaban J connectivity index is 1.53. The summed E-state index contributed by atoms with van der Waals surface area (Å²) in [4.78, 5) is 24.1. The summed E-state index contributed by atoms with van der Waals surface area (Å²) >= 11 is 0. The number of hydrazine groups is 1. The van der Waals surface area contributed by atoms with Crippen molar-refractivity contribution in [2.24, 2.45) is 0 Å². The SMILES string of the molecule is O=C(NNC(=O)c1cccc(OCC2CCCO2)c1)c1ccccc1. The second-order valence-corrected chi connectivity index (χ2v) is 5.75. The van der Waals surface area contributed by atoms with Crippen molar-refractivity contribution in [1.29, 1.82) is 0 Å². The average Bonchev–Trinajstić information content (AvgIpc) is 3.19. The Hall–Kier alpha value is -2.86. The number of hydrogen-bond acceptors (Lipinski definition) is 4. The number of ether oxygens (including phenoxy) is 2. The van der Waals surface area contributed by atoms with Crippen LogP contribution in [0.5, 0.6) is 5.75 Å². The number of hydrogen-bond donors (Lipinski definition) is 2. The van der Waals surface area contributed by atoms with E-state index in [0.29, 0.717) is 23.5 Å². The van der Waals surface area contributed by atoms with Gasteiger partial charge in [-0.15, -0.1) is 0 Å². The van der Waals surface area contributed by atoms with E-state index < -0.39 is 5.91 Å². The monoisotopic (exact) mass is 340 g/mol. The Morgan fingerprint density at radius 3 is 2.44 bits per heavy atom. The van der Waals surface area contributed by atoms with Gasteiger partial charge in [-0.1, -0.05) is 24.3 Å². The Morgan fingerprint density at radius 2 is 1.72 bits per heavy atom. The lowest BCUT2D eigenvalue weighted by atomic mass is 10.2. The first-order valence-electron chi connectivity index (χ1n) is 8.22. The van der Waals surface area contributed by atoms with Gasteiger partial charge >= 0.3 is 0 Å². The molecule has 0 aromatic heterocycles. The van der Waals surface area contributed by atoms with E-state index in [2.05, 4.69) is 10.9 Å². The highest BCUT2D eigenvalue weighted by molar-refractivity contribution is 5.99. The number of carbonyl (C=O) groups excluding carboxylic acids is 2. The van der Waals surface area contributed by atoms with E-state index in [1.165, 1.54) is 0 Å². The maximum atomic E-state index is 12.2. The molecule has 0 saturated carbocycles. The van der Waals surface area contributed by atoms with Crippen molar-refractivity contribution in [3.05, 3.63) is 65.7 Å². The van der Waals surface area contributed by atoms with Gasteiger partial charge in [0.15, 0.2) is 0 Å². The summed E-state index contributed by atoms with van der Waals surface area (Å²) in [5.74, 6) is -0.191. The molecule has 0 aliphatic carbocycles. The fraction of sp³-hybridized carbons (Fsp3) is 0.263. The van der Waals surface area contributed by atoms with Crippen molar-refractivity contribution in [2.75, 3.05) is 13.2 Å². The molecule has 1 unspecified atom stereocenters. The molecule has 1 fully saturated rings. The van der Waals surface area contributed by atoms with E-state index in [9.17, 15) is 9.59 Å². The van der Waals surface area contributed by atoms with Crippen molar-refractivity contribution in [3.8, 4) is 5.75 Å². The zero-order valence-electron chi connectivity index (χ0n) is 13.7. The van der Waals surface area contributed by atoms with E-state index in [4.69, 9.17) is 9.47 Å². The Morgan fingerprint density at radius 1 is 1.00 bits per heavy atom. The molecule has 0 radical (unpaired) electrons. The predicted molar refractivity (Wildman–Crippen MR) is 92.3 cm³/mol. The molecule has 0 spiro atoms. The normalized spacial score (nSPS) is 16.2. The van der Waals surface area contributed by atoms with Crippen LogP contribution < -0.4 is 15.6 Å². The van der Waals surface area contributed by atoms with Crippen molar-refractivity contribution in [3.63, 3.8) is 0 Å². The highest BCUT2D eigenvalue weighted by Crippen LogP contribution is 2.17. The fourth-order valence-electron chi connectivity index (χ4n) is 2.54. The number of amides is 2. The van der Waals surface area contributed by atoms with Crippen LogP contribution in [-0.4, -0.2) is 31.1 Å². The third kappa shape index (κ3) is 4.81. The number of rotatable bonds is 5. The third-order valence-corrected chi connectivity index (χ3v) is 3.88. The van der Waals surface area contributed by atoms with Gasteiger partial charge in [-0.2, -0.15) is 0 Å². The fourth-order valence-corrected chi connectivity index (χ4v) is 2.54. The smallest absolute Gasteiger partial charge is 0.269 e. The van der Waals surface area contributed by atoms with Crippen LogP contribution in [0.2, 0.25) is 0 Å². The molecular formula is C19H20N2O4. The summed E-state index contributed by atoms with van der Waals surface area (Å²) in [6.07, 6.45) is 2.16. The molecule has 1 saturated heterocycles. The van der Waals surface area contributed by atoms with Crippen LogP contribution in [0.25, 0.3) is 0 Å². The summed E-state index contributed by atoms with van der Waals surface area (Å²) in [5.41, 5.74) is 5.67. The zero-order valence-corrected chi connectivity index (χ0v) is 13.7. The van der Waals surface area contributed by atoms with E-state index in [-0.39, 0.29) is 12.0 Å². The number of carbonyl (C=O) groups is 2. The van der Waals surface area contributed by atoms with Gasteiger partial charge in [0.2, 0.25) is 0 Å². The molecule has 2 aromatic carbocycles. The summed E-state index contributed by atoms with van der Waals surface area (Å²) in [5, 5.41) is 0. The van der Waals surface area contributed by atoms with E-state index in [0.717, 1.165) is 19.4 Å². The average molecular weight is 340 g/mol. The molecule has 25 heavy (non-hydrogen) atoms. The molecule has 6 nitrogen and oxygen atoms in total. The Kier molecular flexibility index (Phi) is 5.64. The first-order chi connectivity index (χ1) is 12.2. The second kappa shape index (κ2) is 8.30. The van der Waals surface area contributed by atoms with Crippen LogP contribution in [0.4, 0.5) is 0 Å². The topological polar surface area (TPSA) is 76.7 Å². The van der Waals surface area contributed by atoms with Crippen LogP contribution in [0.3, 0.4) is 0 Å². The summed E-state index contributed by atoms with van der Waals surface area (Å²) in [6, 6.07) is 15.5. The van der Waals surface area contributed by atoms with Crippen LogP contribution in [-0.2, 0) is 4.74 Å². The standard InChI is InChI=1S/C19H20N2O4/c22-18(14-6-2-1-3-7-14)20-21-19(23)15-8-4-9-16(12-15)25-13-17-10-5-11-24-17/h1-4,6-9,12,17H,5,10-11,13H2,(H,20,22)(H,21,23). The quantitative estimate of drug-likeness (QED) is 0.819. The minimum atomic E-state index is -0.410. The maximum absolute atomic E-state index is 12.2. The lowest BCUT2D eigenvalue weighted by Gasteiger charge is -2.12. The lowest BCUT2D eigenvalue weighted by molar-refractivity contribution is 0.0679. The number of nitrogens with one attached hydrogen (secondary N) is 2. The molecule has 1 aliphatic rings. The molecule has 2 N–H and O–H groups in total. The molecule has 130 valence electrons. The Labute approximate surface area is 146 Å². The molecule has 3 rings (SSSR count). The van der Waals surface area contributed by atoms with Gasteiger partial charge in [-0.25, -0.2) is 0 Å². The third-order valence-electron chi connectivity index (χ3n) is 3.88. The van der Waals surface area contributed by atoms with Gasteiger partial charge in [-0.3, -0.25) is 20.4 Å². The van der Waals surface area contributed by atoms with E-state index >= 15 is 0 Å². The molecule has 2 aromatic rings. The van der Waals surface area contributed by atoms with Crippen molar-refractivity contribution in [2.45, 2.75) is 18.9 Å². The molecular weight excluding hydrogens is 320 g/mol. The minimum Gasteiger partial charge on any atom is -0.491 e. The molecule has 6 heteroatoms. The number of benzene rings is 2. The van der Waals surface area contributed by atoms with E-state index in [1.54, 1.807) is 48.5 Å². The van der Waals surface area contributed by atoms with Gasteiger partial charge in [0.1, 0.15) is 12.4 Å². The van der Waals surface area contributed by atoms with Crippen LogP contribution in [0.15, 0.2) is 54.6 Å². The minimum absolute atomic E-state index is 0.114. The lowest BCUT2D eigenvalue weighted by Crippen LogP contribution is -2.41. The van der Waals surface area contributed by atoms with Gasteiger partial charge in [-0.05, 0) is 43.2 Å². The van der Waals surface area contributed by atoms with Crippen LogP contribution in [0.1, 0.15) is 33.6 Å². The summed E-state index contributed by atoms with van der Waals surface area (Å²) in [7, 11) is 0. The summed E-state index contributed by atoms with van der Waals surface area (Å²) in [6.45, 7) is 1.24. The molecule has 0 bridgehead atoms. The van der Waals surface area contributed by atoms with Crippen molar-refractivity contribution >= 4 is 11.8 Å². The van der Waals surface area contributed by atoms with Crippen LogP contribution >= 0.6 is 0 Å². The highest BCUT2D eigenvalue weighted by Gasteiger charge is 2.16. The zero-order chi connectivity index (χ0) is 17.5. The van der Waals surface area contributed by atoms with Gasteiger partial charge in [0.05, 0.1) is 6.10 Å². The van der Waals surface area contributed by atoms with Crippen molar-refractivity contribution in [1.82, 2.24) is 10.9 Å². The van der Waals surface area contributed by atoms with Crippen LogP contribution in [0, 0.1) is 0 Å². The van der Waals surface area contributed by atoms with Gasteiger partial charge in [0, 0.05) is 17.7 Å². The predicted octanol–water partition coefficient (Wildman–Crippen LogP) is 2.32.